The fourth-order valence-corrected chi connectivity index (χ4v) is 2.34. The number of hydrogen-bond acceptors (Lipinski definition) is 4. The fourth-order valence-electron chi connectivity index (χ4n) is 2.34. The van der Waals surface area contributed by atoms with E-state index in [4.69, 9.17) is 14.9 Å². The van der Waals surface area contributed by atoms with Crippen LogP contribution in [0, 0.1) is 0 Å². The SMILES string of the molecule is CC(O)CCCCCCCCOC(=O)c1ccccc1C(=O)O. The molecule has 1 aromatic rings. The van der Waals surface area contributed by atoms with Gasteiger partial charge in [-0.3, -0.25) is 0 Å². The lowest BCUT2D eigenvalue weighted by atomic mass is 10.1. The van der Waals surface area contributed by atoms with Gasteiger partial charge >= 0.3 is 11.9 Å². The molecule has 0 saturated heterocycles. The molecule has 0 bridgehead atoms. The number of aliphatic hydroxyl groups is 1. The number of carboxylic acid groups (broad SMARTS) is 1. The lowest BCUT2D eigenvalue weighted by Gasteiger charge is -2.07. The zero-order valence-corrected chi connectivity index (χ0v) is 13.7. The third-order valence-electron chi connectivity index (χ3n) is 3.63. The Balaban J connectivity index is 2.17. The van der Waals surface area contributed by atoms with Crippen molar-refractivity contribution < 1.29 is 24.5 Å². The van der Waals surface area contributed by atoms with Gasteiger partial charge in [-0.1, -0.05) is 44.2 Å². The Morgan fingerprint density at radius 3 is 2.17 bits per heavy atom. The minimum Gasteiger partial charge on any atom is -0.478 e. The molecule has 128 valence electrons. The fraction of sp³-hybridized carbons (Fsp3) is 0.556. The van der Waals surface area contributed by atoms with E-state index in [2.05, 4.69) is 0 Å². The Morgan fingerprint density at radius 1 is 1.00 bits per heavy atom. The highest BCUT2D eigenvalue weighted by Crippen LogP contribution is 2.12. The summed E-state index contributed by atoms with van der Waals surface area (Å²) in [4.78, 5) is 22.9. The van der Waals surface area contributed by atoms with E-state index in [1.54, 1.807) is 19.1 Å². The van der Waals surface area contributed by atoms with Crippen LogP contribution in [0.1, 0.15) is 72.6 Å². The zero-order chi connectivity index (χ0) is 17.1. The largest absolute Gasteiger partial charge is 0.478 e. The second-order valence-corrected chi connectivity index (χ2v) is 5.75. The summed E-state index contributed by atoms with van der Waals surface area (Å²) in [6.45, 7) is 2.11. The van der Waals surface area contributed by atoms with E-state index in [0.717, 1.165) is 44.9 Å². The standard InChI is InChI=1S/C18H26O5/c1-14(19)10-6-4-2-3-5-9-13-23-18(22)16-12-8-7-11-15(16)17(20)21/h7-8,11-12,14,19H,2-6,9-10,13H2,1H3,(H,20,21). The number of unbranched alkanes of at least 4 members (excludes halogenated alkanes) is 5. The van der Waals surface area contributed by atoms with Crippen molar-refractivity contribution in [1.82, 2.24) is 0 Å². The summed E-state index contributed by atoms with van der Waals surface area (Å²) < 4.78 is 5.14. The van der Waals surface area contributed by atoms with Gasteiger partial charge in [0.2, 0.25) is 0 Å². The average molecular weight is 322 g/mol. The second-order valence-electron chi connectivity index (χ2n) is 5.75. The molecule has 0 heterocycles. The molecular weight excluding hydrogens is 296 g/mol. The molecule has 0 spiro atoms. The first-order valence-electron chi connectivity index (χ1n) is 8.20. The number of ether oxygens (including phenoxy) is 1. The van der Waals surface area contributed by atoms with Gasteiger partial charge in [0.1, 0.15) is 0 Å². The third kappa shape index (κ3) is 7.79. The minimum absolute atomic E-state index is 0.0318. The van der Waals surface area contributed by atoms with E-state index in [0.29, 0.717) is 6.61 Å². The van der Waals surface area contributed by atoms with E-state index in [9.17, 15) is 9.59 Å². The van der Waals surface area contributed by atoms with Crippen molar-refractivity contribution in [3.05, 3.63) is 35.4 Å². The van der Waals surface area contributed by atoms with Crippen LogP contribution in [0.2, 0.25) is 0 Å². The first-order valence-corrected chi connectivity index (χ1v) is 8.20. The van der Waals surface area contributed by atoms with Crippen molar-refractivity contribution in [3.8, 4) is 0 Å². The second kappa shape index (κ2) is 10.8. The summed E-state index contributed by atoms with van der Waals surface area (Å²) in [5.41, 5.74) is 0.0636. The van der Waals surface area contributed by atoms with Crippen LogP contribution >= 0.6 is 0 Å². The number of carboxylic acids is 1. The maximum atomic E-state index is 11.9. The van der Waals surface area contributed by atoms with Gasteiger partial charge in [0, 0.05) is 0 Å². The van der Waals surface area contributed by atoms with Crippen LogP contribution in [0.25, 0.3) is 0 Å². The Kier molecular flexibility index (Phi) is 8.98. The van der Waals surface area contributed by atoms with Gasteiger partial charge in [0.15, 0.2) is 0 Å². The molecule has 1 atom stereocenters. The van der Waals surface area contributed by atoms with Crippen LogP contribution < -0.4 is 0 Å². The van der Waals surface area contributed by atoms with E-state index in [1.807, 2.05) is 0 Å². The number of aromatic carboxylic acids is 1. The van der Waals surface area contributed by atoms with Crippen molar-refractivity contribution in [1.29, 1.82) is 0 Å². The molecule has 0 amide bonds. The molecule has 0 aliphatic rings. The van der Waals surface area contributed by atoms with Crippen molar-refractivity contribution in [2.24, 2.45) is 0 Å². The number of aliphatic hydroxyl groups excluding tert-OH is 1. The highest BCUT2D eigenvalue weighted by molar-refractivity contribution is 6.02. The van der Waals surface area contributed by atoms with Crippen molar-refractivity contribution in [3.63, 3.8) is 0 Å². The quantitative estimate of drug-likeness (QED) is 0.480. The van der Waals surface area contributed by atoms with Gasteiger partial charge in [-0.25, -0.2) is 9.59 Å². The number of hydrogen-bond donors (Lipinski definition) is 2. The molecule has 0 aliphatic carbocycles. The van der Waals surface area contributed by atoms with Crippen LogP contribution in [0.4, 0.5) is 0 Å². The summed E-state index contributed by atoms with van der Waals surface area (Å²) in [6, 6.07) is 6.06. The molecule has 0 fully saturated rings. The molecule has 23 heavy (non-hydrogen) atoms. The van der Waals surface area contributed by atoms with Gasteiger partial charge in [0.05, 0.1) is 23.8 Å². The van der Waals surface area contributed by atoms with Crippen LogP contribution in [0.5, 0.6) is 0 Å². The predicted octanol–water partition coefficient (Wildman–Crippen LogP) is 3.65. The normalized spacial score (nSPS) is 11.9. The Labute approximate surface area is 137 Å². The summed E-state index contributed by atoms with van der Waals surface area (Å²) >= 11 is 0. The lowest BCUT2D eigenvalue weighted by Crippen LogP contribution is -2.12. The van der Waals surface area contributed by atoms with E-state index in [-0.39, 0.29) is 17.2 Å². The summed E-state index contributed by atoms with van der Waals surface area (Å²) in [7, 11) is 0. The average Bonchev–Trinajstić information content (AvgIpc) is 2.52. The summed E-state index contributed by atoms with van der Waals surface area (Å²) in [5.74, 6) is -1.71. The Morgan fingerprint density at radius 2 is 1.57 bits per heavy atom. The first kappa shape index (κ1) is 19.2. The Hall–Kier alpha value is -1.88. The van der Waals surface area contributed by atoms with Crippen LogP contribution in [0.15, 0.2) is 24.3 Å². The number of rotatable bonds is 11. The highest BCUT2D eigenvalue weighted by Gasteiger charge is 2.16. The maximum absolute atomic E-state index is 11.9. The number of benzene rings is 1. The Bertz CT molecular complexity index is 496. The molecule has 0 radical (unpaired) electrons. The molecule has 1 unspecified atom stereocenters. The van der Waals surface area contributed by atoms with E-state index < -0.39 is 11.9 Å². The molecule has 0 aromatic heterocycles. The molecular formula is C18H26O5. The smallest absolute Gasteiger partial charge is 0.339 e. The van der Waals surface area contributed by atoms with E-state index in [1.165, 1.54) is 12.1 Å². The van der Waals surface area contributed by atoms with Gasteiger partial charge in [-0.05, 0) is 31.9 Å². The summed E-state index contributed by atoms with van der Waals surface area (Å²) in [6.07, 6.45) is 6.71. The van der Waals surface area contributed by atoms with Gasteiger partial charge in [-0.15, -0.1) is 0 Å². The number of carbonyl (C=O) groups excluding carboxylic acids is 1. The van der Waals surface area contributed by atoms with Gasteiger partial charge in [-0.2, -0.15) is 0 Å². The van der Waals surface area contributed by atoms with Crippen molar-refractivity contribution in [2.45, 2.75) is 58.0 Å². The molecule has 0 saturated carbocycles. The molecule has 5 nitrogen and oxygen atoms in total. The lowest BCUT2D eigenvalue weighted by molar-refractivity contribution is 0.0487. The monoisotopic (exact) mass is 322 g/mol. The predicted molar refractivity (Wildman–Crippen MR) is 87.7 cm³/mol. The third-order valence-corrected chi connectivity index (χ3v) is 3.63. The molecule has 1 rings (SSSR count). The highest BCUT2D eigenvalue weighted by atomic mass is 16.5. The summed E-state index contributed by atoms with van der Waals surface area (Å²) in [5, 5.41) is 18.2. The zero-order valence-electron chi connectivity index (χ0n) is 13.7. The number of carbonyl (C=O) groups is 2. The molecule has 1 aromatic carbocycles. The van der Waals surface area contributed by atoms with Crippen LogP contribution in [0.3, 0.4) is 0 Å². The van der Waals surface area contributed by atoms with Crippen molar-refractivity contribution in [2.75, 3.05) is 6.61 Å². The van der Waals surface area contributed by atoms with Gasteiger partial charge < -0.3 is 14.9 Å². The van der Waals surface area contributed by atoms with Crippen LogP contribution in [-0.2, 0) is 4.74 Å². The maximum Gasteiger partial charge on any atom is 0.339 e. The minimum atomic E-state index is -1.13. The molecule has 2 N–H and O–H groups in total. The molecule has 5 heteroatoms. The van der Waals surface area contributed by atoms with Gasteiger partial charge in [0.25, 0.3) is 0 Å². The van der Waals surface area contributed by atoms with Crippen molar-refractivity contribution >= 4 is 11.9 Å². The van der Waals surface area contributed by atoms with Crippen LogP contribution in [-0.4, -0.2) is 34.9 Å². The van der Waals surface area contributed by atoms with E-state index >= 15 is 0 Å². The molecule has 0 aliphatic heterocycles. The first-order chi connectivity index (χ1) is 11.0. The number of esters is 1. The topological polar surface area (TPSA) is 83.8 Å².